The third-order valence-electron chi connectivity index (χ3n) is 4.25. The predicted octanol–water partition coefficient (Wildman–Crippen LogP) is 2.24. The monoisotopic (exact) mass is 420 g/mol. The van der Waals surface area contributed by atoms with E-state index < -0.39 is 26.1 Å². The number of benzene rings is 1. The van der Waals surface area contributed by atoms with Gasteiger partial charge in [-0.25, -0.2) is 17.8 Å². The lowest BCUT2D eigenvalue weighted by atomic mass is 10.2. The van der Waals surface area contributed by atoms with E-state index in [2.05, 4.69) is 9.97 Å². The van der Waals surface area contributed by atoms with Crippen molar-refractivity contribution >= 4 is 21.5 Å². The second-order valence-corrected chi connectivity index (χ2v) is 7.84. The minimum atomic E-state index is -5.69. The minimum absolute atomic E-state index is 0.190. The lowest BCUT2D eigenvalue weighted by Crippen LogP contribution is -2.47. The van der Waals surface area contributed by atoms with Gasteiger partial charge >= 0.3 is 5.51 Å². The Morgan fingerprint density at radius 1 is 1.07 bits per heavy atom. The highest BCUT2D eigenvalue weighted by Gasteiger charge is 2.48. The number of ether oxygens (including phenoxy) is 1. The van der Waals surface area contributed by atoms with Gasteiger partial charge < -0.3 is 14.5 Å². The summed E-state index contributed by atoms with van der Waals surface area (Å²) in [6, 6.07) is 3.95. The molecule has 0 radical (unpaired) electrons. The van der Waals surface area contributed by atoms with E-state index in [1.807, 2.05) is 0 Å². The lowest BCUT2D eigenvalue weighted by Gasteiger charge is -2.36. The zero-order chi connectivity index (χ0) is 20.5. The highest BCUT2D eigenvalue weighted by atomic mass is 32.2. The molecule has 0 unspecified atom stereocenters. The van der Waals surface area contributed by atoms with E-state index in [-0.39, 0.29) is 18.8 Å². The van der Waals surface area contributed by atoms with Crippen LogP contribution >= 0.6 is 0 Å². The first kappa shape index (κ1) is 20.1. The Labute approximate surface area is 158 Å². The number of alkyl halides is 3. The van der Waals surface area contributed by atoms with Crippen molar-refractivity contribution in [2.24, 2.45) is 0 Å². The van der Waals surface area contributed by atoms with Gasteiger partial charge in [0.25, 0.3) is 9.84 Å². The molecule has 152 valence electrons. The van der Waals surface area contributed by atoms with E-state index in [4.69, 9.17) is 4.74 Å². The first-order valence-electron chi connectivity index (χ1n) is 8.11. The van der Waals surface area contributed by atoms with Crippen molar-refractivity contribution in [3.05, 3.63) is 36.3 Å². The van der Waals surface area contributed by atoms with Crippen LogP contribution in [0.4, 0.5) is 29.2 Å². The van der Waals surface area contributed by atoms with Gasteiger partial charge in [-0.2, -0.15) is 18.2 Å². The van der Waals surface area contributed by atoms with Crippen molar-refractivity contribution in [1.82, 2.24) is 9.97 Å². The van der Waals surface area contributed by atoms with Crippen molar-refractivity contribution in [2.75, 3.05) is 43.1 Å². The number of nitrogens with zero attached hydrogens (tertiary/aromatic N) is 4. The van der Waals surface area contributed by atoms with Crippen molar-refractivity contribution in [3.8, 4) is 5.88 Å². The molecule has 1 saturated heterocycles. The maximum atomic E-state index is 13.5. The lowest BCUT2D eigenvalue weighted by molar-refractivity contribution is -0.0435. The molecule has 12 heteroatoms. The zero-order valence-corrected chi connectivity index (χ0v) is 15.5. The summed E-state index contributed by atoms with van der Waals surface area (Å²) in [6.07, 6.45) is 1.52. The summed E-state index contributed by atoms with van der Waals surface area (Å²) < 4.78 is 81.2. The van der Waals surface area contributed by atoms with Gasteiger partial charge in [0.1, 0.15) is 10.7 Å². The predicted molar refractivity (Wildman–Crippen MR) is 92.7 cm³/mol. The number of anilines is 2. The first-order valence-corrected chi connectivity index (χ1v) is 9.59. The molecule has 7 nitrogen and oxygen atoms in total. The molecule has 0 saturated carbocycles. The number of piperazine rings is 1. The zero-order valence-electron chi connectivity index (χ0n) is 14.6. The van der Waals surface area contributed by atoms with Crippen molar-refractivity contribution < 1.29 is 30.7 Å². The maximum absolute atomic E-state index is 13.5. The molecule has 2 aromatic rings. The van der Waals surface area contributed by atoms with Gasteiger partial charge in [-0.15, -0.1) is 0 Å². The standard InChI is InChI=1S/C16H16F4N4O3S/c1-27-14-4-5-21-15(22-14)24-8-6-23(7-9-24)12-3-2-11(17)10-13(12)28(25,26)16(18,19)20/h2-5,10H,6-9H2,1H3. The Kier molecular flexibility index (Phi) is 5.33. The molecule has 1 aliphatic rings. The van der Waals surface area contributed by atoms with Crippen molar-refractivity contribution in [2.45, 2.75) is 10.4 Å². The fourth-order valence-electron chi connectivity index (χ4n) is 2.83. The number of rotatable bonds is 4. The number of halogens is 4. The van der Waals surface area contributed by atoms with Crippen LogP contribution < -0.4 is 14.5 Å². The molecule has 1 aromatic heterocycles. The summed E-state index contributed by atoms with van der Waals surface area (Å²) in [5, 5.41) is 0. The Balaban J connectivity index is 1.85. The van der Waals surface area contributed by atoms with E-state index >= 15 is 0 Å². The molecule has 0 aliphatic carbocycles. The number of hydrogen-bond donors (Lipinski definition) is 0. The molecule has 1 aliphatic heterocycles. The van der Waals surface area contributed by atoms with Crippen LogP contribution in [0.5, 0.6) is 5.88 Å². The summed E-state index contributed by atoms with van der Waals surface area (Å²) in [7, 11) is -4.23. The molecule has 2 heterocycles. The van der Waals surface area contributed by atoms with Gasteiger partial charge in [0.15, 0.2) is 0 Å². The average Bonchev–Trinajstić information content (AvgIpc) is 2.67. The molecule has 0 amide bonds. The number of hydrogen-bond acceptors (Lipinski definition) is 7. The molecule has 0 bridgehead atoms. The third-order valence-corrected chi connectivity index (χ3v) is 5.76. The van der Waals surface area contributed by atoms with Crippen LogP contribution in [-0.2, 0) is 9.84 Å². The summed E-state index contributed by atoms with van der Waals surface area (Å²) in [5.41, 5.74) is -5.71. The molecular formula is C16H16F4N4O3S. The molecule has 1 aromatic carbocycles. The topological polar surface area (TPSA) is 75.6 Å². The SMILES string of the molecule is COc1ccnc(N2CCN(c3ccc(F)cc3S(=O)(=O)C(F)(F)F)CC2)n1. The molecule has 1 fully saturated rings. The van der Waals surface area contributed by atoms with Crippen LogP contribution in [0.2, 0.25) is 0 Å². The second-order valence-electron chi connectivity index (χ2n) is 5.93. The van der Waals surface area contributed by atoms with E-state index in [1.165, 1.54) is 18.2 Å². The van der Waals surface area contributed by atoms with Crippen LogP contribution in [0.3, 0.4) is 0 Å². The fraction of sp³-hybridized carbons (Fsp3) is 0.375. The van der Waals surface area contributed by atoms with Gasteiger partial charge in [-0.1, -0.05) is 0 Å². The smallest absolute Gasteiger partial charge is 0.481 e. The normalized spacial score (nSPS) is 15.6. The van der Waals surface area contributed by atoms with Crippen LogP contribution in [0.25, 0.3) is 0 Å². The maximum Gasteiger partial charge on any atom is 0.501 e. The summed E-state index contributed by atoms with van der Waals surface area (Å²) in [4.78, 5) is 10.5. The Bertz CT molecular complexity index is 961. The second kappa shape index (κ2) is 7.41. The van der Waals surface area contributed by atoms with E-state index in [1.54, 1.807) is 11.0 Å². The van der Waals surface area contributed by atoms with Crippen molar-refractivity contribution in [3.63, 3.8) is 0 Å². The highest BCUT2D eigenvalue weighted by molar-refractivity contribution is 7.92. The van der Waals surface area contributed by atoms with Gasteiger partial charge in [0, 0.05) is 38.4 Å². The van der Waals surface area contributed by atoms with Gasteiger partial charge in [-0.3, -0.25) is 0 Å². The Hall–Kier alpha value is -2.63. The summed E-state index contributed by atoms with van der Waals surface area (Å²) in [5.74, 6) is -0.305. The van der Waals surface area contributed by atoms with Crippen LogP contribution in [0.1, 0.15) is 0 Å². The van der Waals surface area contributed by atoms with Gasteiger partial charge in [0.05, 0.1) is 12.8 Å². The largest absolute Gasteiger partial charge is 0.501 e. The first-order chi connectivity index (χ1) is 13.1. The molecule has 3 rings (SSSR count). The number of sulfone groups is 1. The van der Waals surface area contributed by atoms with Crippen LogP contribution in [0, 0.1) is 5.82 Å². The quantitative estimate of drug-likeness (QED) is 0.703. The Morgan fingerprint density at radius 2 is 1.71 bits per heavy atom. The van der Waals surface area contributed by atoms with Gasteiger partial charge in [0.2, 0.25) is 11.8 Å². The van der Waals surface area contributed by atoms with Crippen molar-refractivity contribution in [1.29, 1.82) is 0 Å². The summed E-state index contributed by atoms with van der Waals surface area (Å²) in [6.45, 7) is 1.06. The van der Waals surface area contributed by atoms with Gasteiger partial charge in [-0.05, 0) is 18.2 Å². The van der Waals surface area contributed by atoms with Crippen LogP contribution in [-0.4, -0.2) is 57.2 Å². The molecule has 0 N–H and O–H groups in total. The minimum Gasteiger partial charge on any atom is -0.481 e. The Morgan fingerprint density at radius 3 is 2.32 bits per heavy atom. The fourth-order valence-corrected chi connectivity index (χ4v) is 3.82. The molecular weight excluding hydrogens is 404 g/mol. The van der Waals surface area contributed by atoms with Crippen LogP contribution in [0.15, 0.2) is 35.4 Å². The van der Waals surface area contributed by atoms with E-state index in [0.29, 0.717) is 31.0 Å². The van der Waals surface area contributed by atoms with E-state index in [9.17, 15) is 26.0 Å². The van der Waals surface area contributed by atoms with E-state index in [0.717, 1.165) is 12.1 Å². The third kappa shape index (κ3) is 3.81. The molecule has 28 heavy (non-hydrogen) atoms. The average molecular weight is 420 g/mol. The number of methoxy groups -OCH3 is 1. The summed E-state index contributed by atoms with van der Waals surface area (Å²) >= 11 is 0. The highest BCUT2D eigenvalue weighted by Crippen LogP contribution is 2.36. The molecule has 0 spiro atoms. The number of aromatic nitrogens is 2. The molecule has 0 atom stereocenters.